The van der Waals surface area contributed by atoms with Crippen molar-refractivity contribution < 1.29 is 13.9 Å². The Morgan fingerprint density at radius 2 is 2.31 bits per heavy atom. The fourth-order valence-electron chi connectivity index (χ4n) is 1.26. The van der Waals surface area contributed by atoms with Crippen LogP contribution in [0.15, 0.2) is 12.1 Å². The molecule has 0 saturated carbocycles. The van der Waals surface area contributed by atoms with E-state index in [2.05, 4.69) is 15.9 Å². The second kappa shape index (κ2) is 5.61. The molecule has 0 radical (unpaired) electrons. The molecule has 0 aliphatic heterocycles. The second-order valence-electron chi connectivity index (χ2n) is 2.92. The molecular weight excluding hydrogens is 277 g/mol. The van der Waals surface area contributed by atoms with Crippen LogP contribution < -0.4 is 0 Å². The van der Waals surface area contributed by atoms with E-state index in [-0.39, 0.29) is 17.7 Å². The highest BCUT2D eigenvalue weighted by molar-refractivity contribution is 9.08. The number of carbonyl (C=O) groups excluding carboxylic acids is 1. The van der Waals surface area contributed by atoms with Gasteiger partial charge in [-0.05, 0) is 18.6 Å². The summed E-state index contributed by atoms with van der Waals surface area (Å²) in [5.41, 5.74) is 0.295. The number of rotatable bonds is 3. The largest absolute Gasteiger partial charge is 0.462 e. The standard InChI is InChI=1S/C11H9BrFNO2/c1-2-16-11(15)10-8(6-14)7(5-12)3-4-9(10)13/h3-4H,2,5H2,1H3. The quantitative estimate of drug-likeness (QED) is 0.634. The van der Waals surface area contributed by atoms with Gasteiger partial charge in [-0.3, -0.25) is 0 Å². The van der Waals surface area contributed by atoms with Crippen LogP contribution in [0.4, 0.5) is 4.39 Å². The number of ether oxygens (including phenoxy) is 1. The second-order valence-corrected chi connectivity index (χ2v) is 3.48. The van der Waals surface area contributed by atoms with Crippen molar-refractivity contribution >= 4 is 21.9 Å². The molecule has 0 aromatic heterocycles. The van der Waals surface area contributed by atoms with E-state index in [0.29, 0.717) is 10.9 Å². The molecule has 3 nitrogen and oxygen atoms in total. The molecule has 0 unspecified atom stereocenters. The van der Waals surface area contributed by atoms with E-state index in [1.807, 2.05) is 6.07 Å². The maximum atomic E-state index is 13.5. The molecule has 0 atom stereocenters. The molecule has 0 aliphatic carbocycles. The Balaban J connectivity index is 3.35. The minimum atomic E-state index is -0.806. The third-order valence-corrected chi connectivity index (χ3v) is 2.58. The third kappa shape index (κ3) is 2.39. The molecule has 16 heavy (non-hydrogen) atoms. The summed E-state index contributed by atoms with van der Waals surface area (Å²) in [5.74, 6) is -1.54. The van der Waals surface area contributed by atoms with Crippen LogP contribution in [0.2, 0.25) is 0 Å². The molecule has 0 fully saturated rings. The Bertz CT molecular complexity index is 454. The molecule has 1 aromatic rings. The van der Waals surface area contributed by atoms with Crippen LogP contribution in [-0.4, -0.2) is 12.6 Å². The molecule has 0 N–H and O–H groups in total. The van der Waals surface area contributed by atoms with Crippen molar-refractivity contribution in [3.05, 3.63) is 34.6 Å². The predicted octanol–water partition coefficient (Wildman–Crippen LogP) is 2.77. The van der Waals surface area contributed by atoms with Gasteiger partial charge in [-0.2, -0.15) is 5.26 Å². The molecule has 0 saturated heterocycles. The van der Waals surface area contributed by atoms with Crippen molar-refractivity contribution in [1.82, 2.24) is 0 Å². The molecule has 0 spiro atoms. The Labute approximate surface area is 101 Å². The predicted molar refractivity (Wildman–Crippen MR) is 59.7 cm³/mol. The van der Waals surface area contributed by atoms with Gasteiger partial charge in [0.05, 0.1) is 12.2 Å². The van der Waals surface area contributed by atoms with Gasteiger partial charge in [-0.15, -0.1) is 0 Å². The van der Waals surface area contributed by atoms with Crippen molar-refractivity contribution in [3.8, 4) is 6.07 Å². The van der Waals surface area contributed by atoms with E-state index in [4.69, 9.17) is 10.00 Å². The average Bonchev–Trinajstić information content (AvgIpc) is 2.28. The number of hydrogen-bond acceptors (Lipinski definition) is 3. The lowest BCUT2D eigenvalue weighted by atomic mass is 10.0. The Morgan fingerprint density at radius 3 is 2.81 bits per heavy atom. The zero-order valence-electron chi connectivity index (χ0n) is 8.59. The Kier molecular flexibility index (Phi) is 4.44. The van der Waals surface area contributed by atoms with Crippen LogP contribution in [0, 0.1) is 17.1 Å². The number of nitriles is 1. The maximum Gasteiger partial charge on any atom is 0.342 e. The van der Waals surface area contributed by atoms with Crippen molar-refractivity contribution in [2.75, 3.05) is 6.61 Å². The van der Waals surface area contributed by atoms with Crippen molar-refractivity contribution in [2.24, 2.45) is 0 Å². The number of esters is 1. The highest BCUT2D eigenvalue weighted by atomic mass is 79.9. The summed E-state index contributed by atoms with van der Waals surface area (Å²) in [6.45, 7) is 1.76. The SMILES string of the molecule is CCOC(=O)c1c(F)ccc(CBr)c1C#N. The number of benzene rings is 1. The molecular formula is C11H9BrFNO2. The third-order valence-electron chi connectivity index (χ3n) is 1.98. The zero-order valence-corrected chi connectivity index (χ0v) is 10.2. The highest BCUT2D eigenvalue weighted by Gasteiger charge is 2.20. The first-order chi connectivity index (χ1) is 7.65. The summed E-state index contributed by atoms with van der Waals surface area (Å²) < 4.78 is 18.2. The van der Waals surface area contributed by atoms with Crippen LogP contribution in [0.5, 0.6) is 0 Å². The fraction of sp³-hybridized carbons (Fsp3) is 0.273. The van der Waals surface area contributed by atoms with Gasteiger partial charge in [-0.25, -0.2) is 9.18 Å². The summed E-state index contributed by atoms with van der Waals surface area (Å²) in [6, 6.07) is 4.44. The van der Waals surface area contributed by atoms with Crippen LogP contribution in [-0.2, 0) is 10.1 Å². The summed E-state index contributed by atoms with van der Waals surface area (Å²) in [7, 11) is 0. The minimum Gasteiger partial charge on any atom is -0.462 e. The van der Waals surface area contributed by atoms with E-state index in [9.17, 15) is 9.18 Å². The lowest BCUT2D eigenvalue weighted by Gasteiger charge is -2.07. The first-order valence-electron chi connectivity index (χ1n) is 4.60. The summed E-state index contributed by atoms with van der Waals surface area (Å²) in [6.07, 6.45) is 0. The minimum absolute atomic E-state index is 0.0234. The van der Waals surface area contributed by atoms with Crippen LogP contribution in [0.3, 0.4) is 0 Å². The van der Waals surface area contributed by atoms with Crippen molar-refractivity contribution in [3.63, 3.8) is 0 Å². The topological polar surface area (TPSA) is 50.1 Å². The molecule has 1 aromatic carbocycles. The monoisotopic (exact) mass is 285 g/mol. The lowest BCUT2D eigenvalue weighted by molar-refractivity contribution is 0.0520. The molecule has 0 bridgehead atoms. The summed E-state index contributed by atoms with van der Waals surface area (Å²) in [5, 5.41) is 9.30. The smallest absolute Gasteiger partial charge is 0.342 e. The van der Waals surface area contributed by atoms with E-state index in [1.165, 1.54) is 6.07 Å². The number of halogens is 2. The fourth-order valence-corrected chi connectivity index (χ4v) is 1.73. The van der Waals surface area contributed by atoms with Crippen LogP contribution in [0.25, 0.3) is 0 Å². The molecule has 5 heteroatoms. The number of nitrogens with zero attached hydrogens (tertiary/aromatic N) is 1. The van der Waals surface area contributed by atoms with Crippen molar-refractivity contribution in [1.29, 1.82) is 5.26 Å². The molecule has 0 aliphatic rings. The van der Waals surface area contributed by atoms with E-state index >= 15 is 0 Å². The highest BCUT2D eigenvalue weighted by Crippen LogP contribution is 2.20. The number of alkyl halides is 1. The zero-order chi connectivity index (χ0) is 12.1. The van der Waals surface area contributed by atoms with E-state index < -0.39 is 11.8 Å². The van der Waals surface area contributed by atoms with Gasteiger partial charge >= 0.3 is 5.97 Å². The average molecular weight is 286 g/mol. The lowest BCUT2D eigenvalue weighted by Crippen LogP contribution is -2.11. The van der Waals surface area contributed by atoms with Crippen LogP contribution in [0.1, 0.15) is 28.4 Å². The van der Waals surface area contributed by atoms with Crippen LogP contribution >= 0.6 is 15.9 Å². The Morgan fingerprint density at radius 1 is 1.62 bits per heavy atom. The molecule has 0 heterocycles. The van der Waals surface area contributed by atoms with Gasteiger partial charge in [0.2, 0.25) is 0 Å². The van der Waals surface area contributed by atoms with Gasteiger partial charge in [0, 0.05) is 5.33 Å². The number of hydrogen-bond donors (Lipinski definition) is 0. The summed E-state index contributed by atoms with van der Waals surface area (Å²) in [4.78, 5) is 11.5. The first kappa shape index (κ1) is 12.7. The molecule has 1 rings (SSSR count). The van der Waals surface area contributed by atoms with Crippen molar-refractivity contribution in [2.45, 2.75) is 12.3 Å². The van der Waals surface area contributed by atoms with Gasteiger partial charge in [0.1, 0.15) is 17.4 Å². The molecule has 84 valence electrons. The van der Waals surface area contributed by atoms with E-state index in [1.54, 1.807) is 6.92 Å². The summed E-state index contributed by atoms with van der Waals surface area (Å²) >= 11 is 3.17. The Hall–Kier alpha value is -1.41. The van der Waals surface area contributed by atoms with Gasteiger partial charge in [0.25, 0.3) is 0 Å². The van der Waals surface area contributed by atoms with Gasteiger partial charge in [-0.1, -0.05) is 22.0 Å². The van der Waals surface area contributed by atoms with Gasteiger partial charge < -0.3 is 4.74 Å². The van der Waals surface area contributed by atoms with E-state index in [0.717, 1.165) is 6.07 Å². The number of carbonyl (C=O) groups is 1. The maximum absolute atomic E-state index is 13.5. The normalized spacial score (nSPS) is 9.62. The van der Waals surface area contributed by atoms with Gasteiger partial charge in [0.15, 0.2) is 0 Å². The molecule has 0 amide bonds. The first-order valence-corrected chi connectivity index (χ1v) is 5.72.